The molecule has 3 aromatic rings. The molecule has 12 heteroatoms. The Morgan fingerprint density at radius 2 is 1.85 bits per heavy atom. The van der Waals surface area contributed by atoms with Crippen LogP contribution in [0.4, 0.5) is 23.4 Å². The van der Waals surface area contributed by atoms with E-state index in [9.17, 15) is 17.6 Å². The number of imidazole rings is 1. The van der Waals surface area contributed by atoms with E-state index in [1.807, 2.05) is 39.2 Å². The summed E-state index contributed by atoms with van der Waals surface area (Å²) < 4.78 is 61.7. The van der Waals surface area contributed by atoms with E-state index in [2.05, 4.69) is 26.7 Å². The van der Waals surface area contributed by atoms with Crippen LogP contribution in [0.2, 0.25) is 5.28 Å². The van der Waals surface area contributed by atoms with Crippen LogP contribution in [0.1, 0.15) is 70.5 Å². The number of alkyl halides is 3. The Balaban J connectivity index is 0.00000189. The van der Waals surface area contributed by atoms with Gasteiger partial charge in [0.05, 0.1) is 18.2 Å². The van der Waals surface area contributed by atoms with Crippen LogP contribution in [0.5, 0.6) is 0 Å². The van der Waals surface area contributed by atoms with Crippen molar-refractivity contribution in [3.05, 3.63) is 46.3 Å². The second kappa shape index (κ2) is 12.8. The normalized spacial score (nSPS) is 20.9. The van der Waals surface area contributed by atoms with E-state index in [1.54, 1.807) is 0 Å². The number of ether oxygens (including phenoxy) is 1. The third kappa shape index (κ3) is 6.62. The van der Waals surface area contributed by atoms with E-state index >= 15 is 0 Å². The molecule has 5 rings (SSSR count). The van der Waals surface area contributed by atoms with Gasteiger partial charge in [-0.05, 0) is 61.9 Å². The maximum Gasteiger partial charge on any atom is 0.419 e. The van der Waals surface area contributed by atoms with Gasteiger partial charge in [-0.1, -0.05) is 33.8 Å². The first-order chi connectivity index (χ1) is 19.4. The third-order valence-electron chi connectivity index (χ3n) is 7.75. The SMILES string of the molecule is CC.Cc1nc2c(N3CCN(C(c4ccc(C(F)(F)F)c(F)c4)C(C)C)CC3C)nc(Cl)nc2n1CC1CCCO1. The Morgan fingerprint density at radius 3 is 2.44 bits per heavy atom. The van der Waals surface area contributed by atoms with E-state index in [4.69, 9.17) is 21.3 Å². The highest BCUT2D eigenvalue weighted by Crippen LogP contribution is 2.37. The molecule has 0 aliphatic carbocycles. The topological polar surface area (TPSA) is 59.3 Å². The fraction of sp³-hybridized carbons (Fsp3) is 0.621. The average molecular weight is 599 g/mol. The molecule has 0 spiro atoms. The zero-order valence-electron chi connectivity index (χ0n) is 24.5. The van der Waals surface area contributed by atoms with Gasteiger partial charge in [-0.25, -0.2) is 9.37 Å². The van der Waals surface area contributed by atoms with Gasteiger partial charge in [-0.15, -0.1) is 0 Å². The molecule has 2 aliphatic heterocycles. The highest BCUT2D eigenvalue weighted by molar-refractivity contribution is 6.28. The van der Waals surface area contributed by atoms with Gasteiger partial charge in [-0.3, -0.25) is 4.90 Å². The van der Waals surface area contributed by atoms with E-state index in [0.717, 1.165) is 37.4 Å². The molecule has 2 aliphatic rings. The van der Waals surface area contributed by atoms with Crippen molar-refractivity contribution in [2.75, 3.05) is 31.1 Å². The highest BCUT2D eigenvalue weighted by atomic mass is 35.5. The lowest BCUT2D eigenvalue weighted by Crippen LogP contribution is -2.54. The van der Waals surface area contributed by atoms with Crippen LogP contribution in [-0.4, -0.2) is 62.8 Å². The van der Waals surface area contributed by atoms with Crippen LogP contribution in [0, 0.1) is 18.7 Å². The first-order valence-corrected chi connectivity index (χ1v) is 14.7. The molecule has 0 amide bonds. The molecule has 0 radical (unpaired) electrons. The number of anilines is 1. The summed E-state index contributed by atoms with van der Waals surface area (Å²) in [6.45, 7) is 15.2. The van der Waals surface area contributed by atoms with Crippen LogP contribution in [0.15, 0.2) is 18.2 Å². The van der Waals surface area contributed by atoms with Gasteiger partial charge in [0.15, 0.2) is 17.0 Å². The number of halogens is 5. The summed E-state index contributed by atoms with van der Waals surface area (Å²) in [5.74, 6) is 0.280. The van der Waals surface area contributed by atoms with Crippen molar-refractivity contribution in [1.82, 2.24) is 24.4 Å². The Labute approximate surface area is 243 Å². The number of hydrogen-bond acceptors (Lipinski definition) is 6. The molecule has 0 bridgehead atoms. The van der Waals surface area contributed by atoms with E-state index in [0.29, 0.717) is 48.7 Å². The number of piperazine rings is 1. The predicted molar refractivity (Wildman–Crippen MR) is 153 cm³/mol. The molecule has 4 heterocycles. The summed E-state index contributed by atoms with van der Waals surface area (Å²) in [6.07, 6.45) is -2.58. The minimum Gasteiger partial charge on any atom is -0.376 e. The second-order valence-corrected chi connectivity index (χ2v) is 11.2. The molecular formula is C29H39ClF4N6O. The van der Waals surface area contributed by atoms with Crippen molar-refractivity contribution in [1.29, 1.82) is 0 Å². The minimum atomic E-state index is -4.73. The van der Waals surface area contributed by atoms with Gasteiger partial charge >= 0.3 is 6.18 Å². The number of aromatic nitrogens is 4. The number of aryl methyl sites for hydroxylation is 1. The molecule has 226 valence electrons. The van der Waals surface area contributed by atoms with Crippen molar-refractivity contribution < 1.29 is 22.3 Å². The van der Waals surface area contributed by atoms with Crippen LogP contribution in [-0.2, 0) is 17.5 Å². The molecule has 1 aromatic carbocycles. The van der Waals surface area contributed by atoms with Gasteiger partial charge in [-0.2, -0.15) is 23.1 Å². The highest BCUT2D eigenvalue weighted by Gasteiger charge is 2.37. The van der Waals surface area contributed by atoms with E-state index in [-0.39, 0.29) is 29.4 Å². The van der Waals surface area contributed by atoms with Crippen molar-refractivity contribution in [2.24, 2.45) is 5.92 Å². The van der Waals surface area contributed by atoms with E-state index < -0.39 is 17.6 Å². The Hall–Kier alpha value is -2.50. The summed E-state index contributed by atoms with van der Waals surface area (Å²) in [5, 5.41) is 0.140. The first kappa shape index (κ1) is 31.4. The maximum atomic E-state index is 14.5. The predicted octanol–water partition coefficient (Wildman–Crippen LogP) is 7.06. The standard InChI is InChI=1S/C27H33ClF4N6O.C2H6/c1-15(2)23(18-7-8-20(21(29)12-18)27(30,31)32)36-9-10-37(16(3)13-36)24-22-25(35-26(28)34-24)38(17(4)33-22)14-19-6-5-11-39-19;1-2/h7-8,12,15-16,19,23H,5-6,9-11,13-14H2,1-4H3;1-2H3. The monoisotopic (exact) mass is 598 g/mol. The summed E-state index contributed by atoms with van der Waals surface area (Å²) in [6, 6.07) is 3.01. The molecule has 3 atom stereocenters. The zero-order valence-corrected chi connectivity index (χ0v) is 25.2. The van der Waals surface area contributed by atoms with Crippen LogP contribution >= 0.6 is 11.6 Å². The minimum absolute atomic E-state index is 0.0166. The summed E-state index contributed by atoms with van der Waals surface area (Å²) in [4.78, 5) is 18.2. The van der Waals surface area contributed by atoms with Crippen molar-refractivity contribution >= 4 is 28.6 Å². The average Bonchev–Trinajstić information content (AvgIpc) is 3.52. The quantitative estimate of drug-likeness (QED) is 0.224. The van der Waals surface area contributed by atoms with Gasteiger partial charge in [0, 0.05) is 38.3 Å². The molecule has 2 fully saturated rings. The Morgan fingerprint density at radius 1 is 1.12 bits per heavy atom. The number of rotatable bonds is 6. The fourth-order valence-electron chi connectivity index (χ4n) is 6.00. The van der Waals surface area contributed by atoms with Crippen molar-refractivity contribution in [2.45, 2.75) is 85.3 Å². The van der Waals surface area contributed by atoms with E-state index in [1.165, 1.54) is 6.07 Å². The van der Waals surface area contributed by atoms with Crippen molar-refractivity contribution in [3.8, 4) is 0 Å². The van der Waals surface area contributed by atoms with Gasteiger partial charge in [0.1, 0.15) is 11.6 Å². The third-order valence-corrected chi connectivity index (χ3v) is 7.91. The first-order valence-electron chi connectivity index (χ1n) is 14.3. The molecule has 3 unspecified atom stereocenters. The number of benzene rings is 1. The summed E-state index contributed by atoms with van der Waals surface area (Å²) in [7, 11) is 0. The van der Waals surface area contributed by atoms with Crippen LogP contribution < -0.4 is 4.90 Å². The smallest absolute Gasteiger partial charge is 0.376 e. The maximum absolute atomic E-state index is 14.5. The molecule has 0 saturated carbocycles. The fourth-order valence-corrected chi connectivity index (χ4v) is 6.16. The lowest BCUT2D eigenvalue weighted by atomic mass is 9.92. The molecule has 2 aromatic heterocycles. The number of hydrogen-bond donors (Lipinski definition) is 0. The zero-order chi connectivity index (χ0) is 30.1. The second-order valence-electron chi connectivity index (χ2n) is 10.9. The Kier molecular flexibility index (Phi) is 9.81. The number of fused-ring (bicyclic) bond motifs is 1. The van der Waals surface area contributed by atoms with Gasteiger partial charge in [0.25, 0.3) is 0 Å². The Bertz CT molecular complexity index is 1340. The van der Waals surface area contributed by atoms with Crippen LogP contribution in [0.3, 0.4) is 0 Å². The lowest BCUT2D eigenvalue weighted by molar-refractivity contribution is -0.140. The molecular weight excluding hydrogens is 560 g/mol. The molecule has 0 N–H and O–H groups in total. The lowest BCUT2D eigenvalue weighted by Gasteiger charge is -2.45. The van der Waals surface area contributed by atoms with Gasteiger partial charge < -0.3 is 14.2 Å². The van der Waals surface area contributed by atoms with Gasteiger partial charge in [0.2, 0.25) is 5.28 Å². The van der Waals surface area contributed by atoms with Crippen LogP contribution in [0.25, 0.3) is 11.2 Å². The molecule has 7 nitrogen and oxygen atoms in total. The largest absolute Gasteiger partial charge is 0.419 e. The van der Waals surface area contributed by atoms with Crippen molar-refractivity contribution in [3.63, 3.8) is 0 Å². The summed E-state index contributed by atoms with van der Waals surface area (Å²) in [5.41, 5.74) is 0.645. The summed E-state index contributed by atoms with van der Waals surface area (Å²) >= 11 is 6.40. The number of nitrogens with zero attached hydrogens (tertiary/aromatic N) is 6. The molecule has 41 heavy (non-hydrogen) atoms. The molecule has 2 saturated heterocycles.